The first-order chi connectivity index (χ1) is 11.7. The molecule has 0 saturated heterocycles. The average molecular weight is 338 g/mol. The van der Waals surface area contributed by atoms with Gasteiger partial charge in [0, 0.05) is 0 Å². The van der Waals surface area contributed by atoms with Gasteiger partial charge in [0.05, 0.1) is 0 Å². The fourth-order valence-electron chi connectivity index (χ4n) is 3.81. The molecule has 0 aromatic heterocycles. The van der Waals surface area contributed by atoms with Crippen molar-refractivity contribution in [2.75, 3.05) is 0 Å². The lowest BCUT2D eigenvalue weighted by molar-refractivity contribution is 0.399. The second kappa shape index (κ2) is 19.3. The molecule has 0 amide bonds. The molecular weight excluding hydrogens is 288 g/mol. The van der Waals surface area contributed by atoms with E-state index in [0.29, 0.717) is 0 Å². The van der Waals surface area contributed by atoms with E-state index in [0.717, 1.165) is 11.8 Å². The largest absolute Gasteiger partial charge is 0.0654 e. The number of hydrogen-bond donors (Lipinski definition) is 0. The molecule has 0 saturated carbocycles. The first-order valence-electron chi connectivity index (χ1n) is 11.6. The van der Waals surface area contributed by atoms with E-state index in [-0.39, 0.29) is 0 Å². The third kappa shape index (κ3) is 16.8. The van der Waals surface area contributed by atoms with Crippen molar-refractivity contribution in [3.63, 3.8) is 0 Å². The zero-order chi connectivity index (χ0) is 17.9. The Balaban J connectivity index is 3.85. The maximum atomic E-state index is 2.74. The molecule has 0 aromatic carbocycles. The Morgan fingerprint density at radius 2 is 0.875 bits per heavy atom. The van der Waals surface area contributed by atoms with Gasteiger partial charge in [0.1, 0.15) is 0 Å². The first-order valence-corrected chi connectivity index (χ1v) is 11.6. The molecule has 0 aromatic rings. The van der Waals surface area contributed by atoms with E-state index in [9.17, 15) is 0 Å². The highest BCUT2D eigenvalue weighted by Gasteiger charge is 2.13. The van der Waals surface area contributed by atoms with Crippen molar-refractivity contribution in [3.05, 3.63) is 6.42 Å². The van der Waals surface area contributed by atoms with Crippen LogP contribution in [0.3, 0.4) is 0 Å². The second-order valence-electron chi connectivity index (χ2n) is 8.18. The third-order valence-electron chi connectivity index (χ3n) is 5.47. The third-order valence-corrected chi connectivity index (χ3v) is 5.47. The predicted octanol–water partition coefficient (Wildman–Crippen LogP) is 9.13. The first kappa shape index (κ1) is 24.0. The van der Waals surface area contributed by atoms with Crippen LogP contribution in [0, 0.1) is 18.3 Å². The zero-order valence-electron chi connectivity index (χ0n) is 17.8. The molecule has 0 bridgehead atoms. The van der Waals surface area contributed by atoms with Crippen LogP contribution >= 0.6 is 0 Å². The van der Waals surface area contributed by atoms with Gasteiger partial charge >= 0.3 is 0 Å². The second-order valence-corrected chi connectivity index (χ2v) is 8.18. The van der Waals surface area contributed by atoms with Gasteiger partial charge in [-0.2, -0.15) is 0 Å². The number of rotatable bonds is 19. The summed E-state index contributed by atoms with van der Waals surface area (Å²) in [4.78, 5) is 0. The quantitative estimate of drug-likeness (QED) is 0.206. The lowest BCUT2D eigenvalue weighted by atomic mass is 9.85. The average Bonchev–Trinajstić information content (AvgIpc) is 2.57. The van der Waals surface area contributed by atoms with Gasteiger partial charge in [-0.25, -0.2) is 0 Å². The summed E-state index contributed by atoms with van der Waals surface area (Å²) in [5.74, 6) is 1.73. The molecule has 1 radical (unpaired) electrons. The fraction of sp³-hybridized carbons (Fsp3) is 0.958. The van der Waals surface area contributed by atoms with Crippen molar-refractivity contribution < 1.29 is 0 Å². The van der Waals surface area contributed by atoms with E-state index in [1.807, 2.05) is 0 Å². The van der Waals surface area contributed by atoms with Gasteiger partial charge < -0.3 is 0 Å². The molecule has 0 nitrogen and oxygen atoms in total. The minimum absolute atomic E-state index is 0.832. The molecular formula is C24H49. The standard InChI is InChI=1S/C24H49/c1-5-8-11-13-15-17-19-23(4)22-24(20-16-10-7-3)21-18-14-12-9-6-2/h22-24H,5-21H2,1-4H3. The Hall–Kier alpha value is 0. The topological polar surface area (TPSA) is 0 Å². The summed E-state index contributed by atoms with van der Waals surface area (Å²) in [6.07, 6.45) is 27.0. The molecule has 0 aliphatic carbocycles. The van der Waals surface area contributed by atoms with E-state index in [1.54, 1.807) is 0 Å². The van der Waals surface area contributed by atoms with Crippen LogP contribution in [0.25, 0.3) is 0 Å². The normalized spacial score (nSPS) is 14.0. The van der Waals surface area contributed by atoms with Crippen molar-refractivity contribution in [2.24, 2.45) is 11.8 Å². The molecule has 0 aliphatic rings. The summed E-state index contributed by atoms with van der Waals surface area (Å²) in [5.41, 5.74) is 0. The van der Waals surface area contributed by atoms with Gasteiger partial charge in [-0.15, -0.1) is 0 Å². The summed E-state index contributed by atoms with van der Waals surface area (Å²) in [6, 6.07) is 0. The monoisotopic (exact) mass is 337 g/mol. The highest BCUT2D eigenvalue weighted by molar-refractivity contribution is 4.81. The minimum Gasteiger partial charge on any atom is -0.0654 e. The van der Waals surface area contributed by atoms with Gasteiger partial charge in [0.25, 0.3) is 0 Å². The maximum absolute atomic E-state index is 2.74. The van der Waals surface area contributed by atoms with Gasteiger partial charge in [-0.3, -0.25) is 0 Å². The van der Waals surface area contributed by atoms with Gasteiger partial charge in [-0.1, -0.05) is 137 Å². The highest BCUT2D eigenvalue weighted by atomic mass is 14.2. The van der Waals surface area contributed by atoms with Crippen LogP contribution in [0.4, 0.5) is 0 Å². The zero-order valence-corrected chi connectivity index (χ0v) is 17.8. The van der Waals surface area contributed by atoms with E-state index >= 15 is 0 Å². The summed E-state index contributed by atoms with van der Waals surface area (Å²) in [6.45, 7) is 9.41. The molecule has 0 spiro atoms. The molecule has 0 heteroatoms. The molecule has 24 heavy (non-hydrogen) atoms. The Morgan fingerprint density at radius 3 is 1.42 bits per heavy atom. The fourth-order valence-corrected chi connectivity index (χ4v) is 3.81. The van der Waals surface area contributed by atoms with Crippen LogP contribution in [0.5, 0.6) is 0 Å². The van der Waals surface area contributed by atoms with Gasteiger partial charge in [-0.05, 0) is 18.3 Å². The predicted molar refractivity (Wildman–Crippen MR) is 112 cm³/mol. The Bertz CT molecular complexity index is 220. The van der Waals surface area contributed by atoms with Crippen molar-refractivity contribution in [3.8, 4) is 0 Å². The van der Waals surface area contributed by atoms with E-state index in [1.165, 1.54) is 109 Å². The summed E-state index contributed by atoms with van der Waals surface area (Å²) in [5, 5.41) is 0. The lowest BCUT2D eigenvalue weighted by Gasteiger charge is -2.21. The molecule has 0 rings (SSSR count). The molecule has 0 aliphatic heterocycles. The molecule has 2 unspecified atom stereocenters. The van der Waals surface area contributed by atoms with Crippen molar-refractivity contribution in [1.82, 2.24) is 0 Å². The summed E-state index contributed by atoms with van der Waals surface area (Å²) < 4.78 is 0. The molecule has 145 valence electrons. The number of hydrogen-bond acceptors (Lipinski definition) is 0. The van der Waals surface area contributed by atoms with Crippen molar-refractivity contribution >= 4 is 0 Å². The molecule has 0 fully saturated rings. The van der Waals surface area contributed by atoms with Crippen LogP contribution in [0.2, 0.25) is 0 Å². The van der Waals surface area contributed by atoms with E-state index < -0.39 is 0 Å². The Morgan fingerprint density at radius 1 is 0.500 bits per heavy atom. The smallest absolute Gasteiger partial charge is 0.0326 e. The Labute approximate surface area is 155 Å². The highest BCUT2D eigenvalue weighted by Crippen LogP contribution is 2.26. The Kier molecular flexibility index (Phi) is 19.3. The van der Waals surface area contributed by atoms with Crippen LogP contribution in [0.15, 0.2) is 0 Å². The van der Waals surface area contributed by atoms with Crippen LogP contribution in [0.1, 0.15) is 137 Å². The SMILES string of the molecule is CCCCCCCCC(C)[CH]C(CCCCC)CCCCCCC. The van der Waals surface area contributed by atoms with Crippen LogP contribution < -0.4 is 0 Å². The number of unbranched alkanes of at least 4 members (excludes halogenated alkanes) is 11. The summed E-state index contributed by atoms with van der Waals surface area (Å²) in [7, 11) is 0. The lowest BCUT2D eigenvalue weighted by Crippen LogP contribution is -2.08. The molecule has 2 atom stereocenters. The van der Waals surface area contributed by atoms with Gasteiger partial charge in [0.15, 0.2) is 0 Å². The van der Waals surface area contributed by atoms with Crippen molar-refractivity contribution in [1.29, 1.82) is 0 Å². The van der Waals surface area contributed by atoms with Gasteiger partial charge in [0.2, 0.25) is 0 Å². The molecule has 0 heterocycles. The van der Waals surface area contributed by atoms with Crippen LogP contribution in [-0.4, -0.2) is 0 Å². The van der Waals surface area contributed by atoms with Crippen LogP contribution in [-0.2, 0) is 0 Å². The maximum Gasteiger partial charge on any atom is -0.0326 e. The van der Waals surface area contributed by atoms with E-state index in [2.05, 4.69) is 34.1 Å². The van der Waals surface area contributed by atoms with Crippen molar-refractivity contribution in [2.45, 2.75) is 137 Å². The van der Waals surface area contributed by atoms with E-state index in [4.69, 9.17) is 0 Å². The minimum atomic E-state index is 0.832. The molecule has 0 N–H and O–H groups in total. The summed E-state index contributed by atoms with van der Waals surface area (Å²) >= 11 is 0.